The highest BCUT2D eigenvalue weighted by Crippen LogP contribution is 2.50. The van der Waals surface area contributed by atoms with E-state index in [0.29, 0.717) is 0 Å². The van der Waals surface area contributed by atoms with Crippen molar-refractivity contribution in [1.82, 2.24) is 9.13 Å². The Morgan fingerprint density at radius 2 is 0.743 bits per heavy atom. The lowest BCUT2D eigenvalue weighted by molar-refractivity contribution is 1.18. The van der Waals surface area contributed by atoms with Crippen LogP contribution in [-0.2, 0) is 6.42 Å². The third-order valence-corrected chi connectivity index (χ3v) is 17.7. The summed E-state index contributed by atoms with van der Waals surface area (Å²) in [4.78, 5) is 0. The third-order valence-electron chi connectivity index (χ3n) is 16.5. The van der Waals surface area contributed by atoms with Gasteiger partial charge in [-0.2, -0.15) is 0 Å². The van der Waals surface area contributed by atoms with E-state index in [1.165, 1.54) is 151 Å². The molecule has 0 aliphatic heterocycles. The van der Waals surface area contributed by atoms with Gasteiger partial charge in [-0.05, 0) is 179 Å². The molecule has 0 atom stereocenters. The molecule has 3 aromatic heterocycles. The molecule has 0 N–H and O–H groups in total. The Labute approximate surface area is 429 Å². The summed E-state index contributed by atoms with van der Waals surface area (Å²) in [6, 6.07) is 91.5. The summed E-state index contributed by atoms with van der Waals surface area (Å²) >= 11 is 1.91. The molecule has 0 fully saturated rings. The van der Waals surface area contributed by atoms with Gasteiger partial charge in [-0.1, -0.05) is 152 Å². The van der Waals surface area contributed by atoms with Crippen molar-refractivity contribution in [2.24, 2.45) is 0 Å². The summed E-state index contributed by atoms with van der Waals surface area (Å²) in [5.41, 5.74) is 17.8. The Hall–Kier alpha value is -9.28. The van der Waals surface area contributed by atoms with Gasteiger partial charge in [0.1, 0.15) is 0 Å². The van der Waals surface area contributed by atoms with Crippen LogP contribution in [0.5, 0.6) is 0 Å². The summed E-state index contributed by atoms with van der Waals surface area (Å²) in [6.45, 7) is 0. The predicted molar refractivity (Wildman–Crippen MR) is 317 cm³/mol. The molecule has 0 radical (unpaired) electrons. The number of thiophene rings is 1. The maximum Gasteiger partial charge on any atom is 0.0547 e. The molecule has 0 unspecified atom stereocenters. The molecule has 16 aromatic rings. The molecule has 0 amide bonds. The van der Waals surface area contributed by atoms with Crippen molar-refractivity contribution >= 4 is 118 Å². The number of aromatic nitrogens is 2. The highest BCUT2D eigenvalue weighted by atomic mass is 32.1. The first-order chi connectivity index (χ1) is 36.7. The Balaban J connectivity index is 1.03. The molecule has 3 heterocycles. The normalized spacial score (nSPS) is 12.5. The highest BCUT2D eigenvalue weighted by molar-refractivity contribution is 7.26. The van der Waals surface area contributed by atoms with Gasteiger partial charge in [-0.3, -0.25) is 0 Å². The molecule has 0 spiro atoms. The fraction of sp³-hybridized carbons (Fsp3) is 0.0141. The summed E-state index contributed by atoms with van der Waals surface area (Å²) < 4.78 is 7.56. The lowest BCUT2D eigenvalue weighted by Gasteiger charge is -2.18. The van der Waals surface area contributed by atoms with Crippen molar-refractivity contribution in [3.8, 4) is 44.8 Å². The Kier molecular flexibility index (Phi) is 8.25. The number of hydrogen-bond acceptors (Lipinski definition) is 1. The molecule has 2 nitrogen and oxygen atoms in total. The monoisotopic (exact) mass is 954 g/mol. The van der Waals surface area contributed by atoms with Gasteiger partial charge in [0, 0.05) is 58.7 Å². The van der Waals surface area contributed by atoms with Gasteiger partial charge in [0.25, 0.3) is 0 Å². The van der Waals surface area contributed by atoms with Crippen LogP contribution in [0.3, 0.4) is 0 Å². The Morgan fingerprint density at radius 3 is 1.38 bits per heavy atom. The van der Waals surface area contributed by atoms with Crippen molar-refractivity contribution in [2.45, 2.75) is 6.42 Å². The van der Waals surface area contributed by atoms with Gasteiger partial charge < -0.3 is 9.13 Å². The number of para-hydroxylation sites is 4. The molecule has 0 saturated heterocycles. The second-order valence-electron chi connectivity index (χ2n) is 20.3. The number of hydrogen-bond donors (Lipinski definition) is 0. The van der Waals surface area contributed by atoms with Crippen LogP contribution >= 0.6 is 11.3 Å². The molecule has 17 rings (SSSR count). The van der Waals surface area contributed by atoms with Gasteiger partial charge in [-0.25, -0.2) is 0 Å². The summed E-state index contributed by atoms with van der Waals surface area (Å²) in [5.74, 6) is 0. The molecular formula is C71H42N2S. The van der Waals surface area contributed by atoms with E-state index in [4.69, 9.17) is 0 Å². The van der Waals surface area contributed by atoms with E-state index in [1.807, 2.05) is 11.3 Å². The zero-order valence-corrected chi connectivity index (χ0v) is 40.9. The minimum atomic E-state index is 0.915. The quantitative estimate of drug-likeness (QED) is 0.123. The van der Waals surface area contributed by atoms with Crippen LogP contribution in [0.2, 0.25) is 0 Å². The van der Waals surface area contributed by atoms with Crippen LogP contribution in [0.1, 0.15) is 11.1 Å². The Morgan fingerprint density at radius 1 is 0.270 bits per heavy atom. The van der Waals surface area contributed by atoms with Crippen molar-refractivity contribution in [3.63, 3.8) is 0 Å². The van der Waals surface area contributed by atoms with E-state index in [0.717, 1.165) is 17.8 Å². The molecule has 13 aromatic carbocycles. The van der Waals surface area contributed by atoms with E-state index in [-0.39, 0.29) is 0 Å². The number of benzene rings is 13. The molecule has 1 aliphatic rings. The third kappa shape index (κ3) is 5.59. The SMILES string of the molecule is c1ccc(-n2c3ccccc3c3cc4c(cc32)c(-c2cccc3c2Cc2ccccc2-3)cc2cc3c(cc(-c5cccc6c5sc5ccccc56)c5cc6c(cc53)c3ccccc3n6-c3ccccc3)cc24)cc1. The van der Waals surface area contributed by atoms with Crippen LogP contribution in [-0.4, -0.2) is 9.13 Å². The predicted octanol–water partition coefficient (Wildman–Crippen LogP) is 19.8. The van der Waals surface area contributed by atoms with Crippen molar-refractivity contribution in [3.05, 3.63) is 254 Å². The number of nitrogens with zero attached hydrogens (tertiary/aromatic N) is 2. The standard InChI is InChI=1S/C71H42N2S/c1-3-18-45(19-4-1)72-66-30-12-9-23-50(66)64-38-60-55-35-44-37-59(54-29-16-28-53-52-25-11-14-32-70(52)74-71(53)54)63-41-69-65(51-24-10-13-31-67(51)73(69)46-20-5-2-6-21-46)39-61(63)56(44)34-43(55)36-58(62(60)40-68(64)72)49-27-15-26-48-47-22-8-7-17-42(47)33-57(48)49/h1-32,34-41H,33H2. The Bertz CT molecular complexity index is 5090. The highest BCUT2D eigenvalue weighted by Gasteiger charge is 2.25. The minimum absolute atomic E-state index is 0.915. The molecule has 1 aliphatic carbocycles. The lowest BCUT2D eigenvalue weighted by atomic mass is 9.86. The van der Waals surface area contributed by atoms with Gasteiger partial charge in [0.2, 0.25) is 0 Å². The fourth-order valence-electron chi connectivity index (χ4n) is 13.3. The zero-order valence-electron chi connectivity index (χ0n) is 40.1. The van der Waals surface area contributed by atoms with Gasteiger partial charge in [0.05, 0.1) is 22.1 Å². The largest absolute Gasteiger partial charge is 0.309 e. The van der Waals surface area contributed by atoms with Crippen molar-refractivity contribution < 1.29 is 0 Å². The van der Waals surface area contributed by atoms with Crippen molar-refractivity contribution in [2.75, 3.05) is 0 Å². The average Bonchev–Trinajstić information content (AvgIpc) is 4.22. The van der Waals surface area contributed by atoms with Crippen molar-refractivity contribution in [1.29, 1.82) is 0 Å². The number of fused-ring (bicyclic) bond motifs is 18. The molecule has 342 valence electrons. The molecule has 3 heteroatoms. The second-order valence-corrected chi connectivity index (χ2v) is 21.3. The van der Waals surface area contributed by atoms with Crippen LogP contribution < -0.4 is 0 Å². The minimum Gasteiger partial charge on any atom is -0.309 e. The maximum atomic E-state index is 2.53. The summed E-state index contributed by atoms with van der Waals surface area (Å²) in [6.07, 6.45) is 0.915. The van der Waals surface area contributed by atoms with Crippen LogP contribution in [0, 0.1) is 0 Å². The van der Waals surface area contributed by atoms with Crippen LogP contribution in [0.15, 0.2) is 243 Å². The zero-order chi connectivity index (χ0) is 48.2. The van der Waals surface area contributed by atoms with E-state index in [9.17, 15) is 0 Å². The first-order valence-corrected chi connectivity index (χ1v) is 26.5. The molecule has 0 saturated carbocycles. The van der Waals surface area contributed by atoms with Crippen LogP contribution in [0.4, 0.5) is 0 Å². The number of rotatable bonds is 4. The molecule has 74 heavy (non-hydrogen) atoms. The van der Waals surface area contributed by atoms with E-state index < -0.39 is 0 Å². The molecular weight excluding hydrogens is 913 g/mol. The van der Waals surface area contributed by atoms with E-state index >= 15 is 0 Å². The van der Waals surface area contributed by atoms with Gasteiger partial charge in [-0.15, -0.1) is 11.3 Å². The summed E-state index contributed by atoms with van der Waals surface area (Å²) in [5, 5.41) is 17.7. The maximum absolute atomic E-state index is 2.53. The fourth-order valence-corrected chi connectivity index (χ4v) is 14.5. The second kappa shape index (κ2) is 15.1. The topological polar surface area (TPSA) is 9.86 Å². The van der Waals surface area contributed by atoms with E-state index in [1.54, 1.807) is 0 Å². The first-order valence-electron chi connectivity index (χ1n) is 25.7. The summed E-state index contributed by atoms with van der Waals surface area (Å²) in [7, 11) is 0. The van der Waals surface area contributed by atoms with Gasteiger partial charge >= 0.3 is 0 Å². The average molecular weight is 955 g/mol. The van der Waals surface area contributed by atoms with Gasteiger partial charge in [0.15, 0.2) is 0 Å². The lowest BCUT2D eigenvalue weighted by Crippen LogP contribution is -1.95. The molecule has 0 bridgehead atoms. The smallest absolute Gasteiger partial charge is 0.0547 e. The first kappa shape index (κ1) is 40.3. The van der Waals surface area contributed by atoms with Crippen LogP contribution in [0.25, 0.3) is 152 Å². The van der Waals surface area contributed by atoms with E-state index in [2.05, 4.69) is 252 Å².